The van der Waals surface area contributed by atoms with Crippen molar-refractivity contribution in [1.82, 2.24) is 9.78 Å². The fourth-order valence-corrected chi connectivity index (χ4v) is 1.51. The minimum absolute atomic E-state index is 0.181. The molecule has 0 aliphatic rings. The van der Waals surface area contributed by atoms with Gasteiger partial charge in [-0.2, -0.15) is 5.10 Å². The van der Waals surface area contributed by atoms with E-state index in [9.17, 15) is 9.18 Å². The molecule has 2 N–H and O–H groups in total. The molecule has 0 atom stereocenters. The number of nitrogens with two attached hydrogens (primary N) is 1. The third kappa shape index (κ3) is 2.32. The molecular weight excluding hydrogens is 237 g/mol. The van der Waals surface area contributed by atoms with Gasteiger partial charge in [0.15, 0.2) is 5.69 Å². The second-order valence-electron chi connectivity index (χ2n) is 3.57. The normalized spacial score (nSPS) is 10.3. The summed E-state index contributed by atoms with van der Waals surface area (Å²) < 4.78 is 19.1. The van der Waals surface area contributed by atoms with Crippen LogP contribution in [0.25, 0.3) is 5.69 Å². The predicted octanol–water partition coefficient (Wildman–Crippen LogP) is 1.77. The lowest BCUT2D eigenvalue weighted by molar-refractivity contribution is 0.0519. The van der Waals surface area contributed by atoms with Gasteiger partial charge in [0.1, 0.15) is 5.82 Å². The van der Waals surface area contributed by atoms with E-state index < -0.39 is 11.8 Å². The number of esters is 1. The first kappa shape index (κ1) is 12.1. The number of anilines is 1. The molecule has 1 heterocycles. The molecule has 1 aromatic carbocycles. The fourth-order valence-electron chi connectivity index (χ4n) is 1.51. The Morgan fingerprint density at radius 2 is 2.28 bits per heavy atom. The van der Waals surface area contributed by atoms with E-state index in [1.54, 1.807) is 13.1 Å². The van der Waals surface area contributed by atoms with Gasteiger partial charge in [0, 0.05) is 6.20 Å². The van der Waals surface area contributed by atoms with Gasteiger partial charge in [0.05, 0.1) is 18.0 Å². The van der Waals surface area contributed by atoms with Crippen molar-refractivity contribution in [3.05, 3.63) is 42.0 Å². The molecule has 0 saturated heterocycles. The minimum atomic E-state index is -0.503. The van der Waals surface area contributed by atoms with Gasteiger partial charge < -0.3 is 10.5 Å². The second-order valence-corrected chi connectivity index (χ2v) is 3.57. The second kappa shape index (κ2) is 4.87. The van der Waals surface area contributed by atoms with E-state index in [-0.39, 0.29) is 18.0 Å². The lowest BCUT2D eigenvalue weighted by Gasteiger charge is -2.05. The molecule has 0 radical (unpaired) electrons. The maximum Gasteiger partial charge on any atom is 0.358 e. The van der Waals surface area contributed by atoms with Crippen LogP contribution in [0.15, 0.2) is 30.5 Å². The SMILES string of the molecule is CCOC(=O)c1ccn(-c2ccc(F)cc2N)n1. The molecule has 0 amide bonds. The van der Waals surface area contributed by atoms with Crippen LogP contribution in [0, 0.1) is 5.82 Å². The lowest BCUT2D eigenvalue weighted by Crippen LogP contribution is -2.07. The van der Waals surface area contributed by atoms with E-state index in [1.807, 2.05) is 0 Å². The van der Waals surface area contributed by atoms with Crippen LogP contribution < -0.4 is 5.73 Å². The Balaban J connectivity index is 2.32. The van der Waals surface area contributed by atoms with Gasteiger partial charge in [-0.1, -0.05) is 0 Å². The molecule has 0 bridgehead atoms. The number of nitrogens with zero attached hydrogens (tertiary/aromatic N) is 2. The number of benzene rings is 1. The van der Waals surface area contributed by atoms with Crippen LogP contribution in [-0.2, 0) is 4.74 Å². The third-order valence-corrected chi connectivity index (χ3v) is 2.31. The Morgan fingerprint density at radius 1 is 1.50 bits per heavy atom. The highest BCUT2D eigenvalue weighted by Gasteiger charge is 2.12. The van der Waals surface area contributed by atoms with Gasteiger partial charge in [-0.05, 0) is 31.2 Å². The summed E-state index contributed by atoms with van der Waals surface area (Å²) in [7, 11) is 0. The Hall–Kier alpha value is -2.37. The number of carbonyl (C=O) groups is 1. The summed E-state index contributed by atoms with van der Waals surface area (Å²) in [6, 6.07) is 5.48. The molecule has 2 rings (SSSR count). The average molecular weight is 249 g/mol. The smallest absolute Gasteiger partial charge is 0.358 e. The van der Waals surface area contributed by atoms with E-state index in [1.165, 1.54) is 28.9 Å². The van der Waals surface area contributed by atoms with E-state index in [0.29, 0.717) is 5.69 Å². The van der Waals surface area contributed by atoms with Gasteiger partial charge in [0.2, 0.25) is 0 Å². The minimum Gasteiger partial charge on any atom is -0.461 e. The van der Waals surface area contributed by atoms with Crippen LogP contribution in [0.2, 0.25) is 0 Å². The predicted molar refractivity (Wildman–Crippen MR) is 63.9 cm³/mol. The van der Waals surface area contributed by atoms with Crippen molar-refractivity contribution in [1.29, 1.82) is 0 Å². The molecular formula is C12H12FN3O2. The highest BCUT2D eigenvalue weighted by Crippen LogP contribution is 2.17. The number of halogens is 1. The van der Waals surface area contributed by atoms with Crippen LogP contribution in [0.1, 0.15) is 17.4 Å². The molecule has 0 saturated carbocycles. The number of nitrogen functional groups attached to an aromatic ring is 1. The van der Waals surface area contributed by atoms with Crippen molar-refractivity contribution >= 4 is 11.7 Å². The first-order valence-electron chi connectivity index (χ1n) is 5.40. The number of ether oxygens (including phenoxy) is 1. The van der Waals surface area contributed by atoms with Crippen molar-refractivity contribution in [2.75, 3.05) is 12.3 Å². The Morgan fingerprint density at radius 3 is 2.94 bits per heavy atom. The molecule has 6 heteroatoms. The number of carbonyl (C=O) groups excluding carboxylic acids is 1. The van der Waals surface area contributed by atoms with Crippen molar-refractivity contribution in [3.63, 3.8) is 0 Å². The molecule has 0 fully saturated rings. The average Bonchev–Trinajstić information content (AvgIpc) is 2.78. The van der Waals surface area contributed by atoms with Crippen molar-refractivity contribution in [2.24, 2.45) is 0 Å². The van der Waals surface area contributed by atoms with Crippen LogP contribution in [0.5, 0.6) is 0 Å². The monoisotopic (exact) mass is 249 g/mol. The maximum atomic E-state index is 12.9. The molecule has 0 spiro atoms. The van der Waals surface area contributed by atoms with E-state index in [2.05, 4.69) is 5.10 Å². The summed E-state index contributed by atoms with van der Waals surface area (Å²) >= 11 is 0. The van der Waals surface area contributed by atoms with E-state index in [4.69, 9.17) is 10.5 Å². The van der Waals surface area contributed by atoms with Gasteiger partial charge in [-0.15, -0.1) is 0 Å². The molecule has 1 aromatic heterocycles. The van der Waals surface area contributed by atoms with Crippen molar-refractivity contribution in [3.8, 4) is 5.69 Å². The van der Waals surface area contributed by atoms with Crippen LogP contribution in [0.3, 0.4) is 0 Å². The summed E-state index contributed by atoms with van der Waals surface area (Å²) in [5.41, 5.74) is 6.61. The standard InChI is InChI=1S/C12H12FN3O2/c1-2-18-12(17)10-5-6-16(15-10)11-4-3-8(13)7-9(11)14/h3-7H,2,14H2,1H3. The fraction of sp³-hybridized carbons (Fsp3) is 0.167. The zero-order chi connectivity index (χ0) is 13.1. The quantitative estimate of drug-likeness (QED) is 0.664. The summed E-state index contributed by atoms with van der Waals surface area (Å²) in [6.07, 6.45) is 1.57. The van der Waals surface area contributed by atoms with Crippen LogP contribution in [-0.4, -0.2) is 22.4 Å². The third-order valence-electron chi connectivity index (χ3n) is 2.31. The molecule has 94 valence electrons. The molecule has 2 aromatic rings. The highest BCUT2D eigenvalue weighted by atomic mass is 19.1. The summed E-state index contributed by atoms with van der Waals surface area (Å²) in [6.45, 7) is 2.00. The summed E-state index contributed by atoms with van der Waals surface area (Å²) in [5, 5.41) is 4.03. The topological polar surface area (TPSA) is 70.1 Å². The zero-order valence-electron chi connectivity index (χ0n) is 9.76. The van der Waals surface area contributed by atoms with Crippen LogP contribution in [0.4, 0.5) is 10.1 Å². The summed E-state index contributed by atoms with van der Waals surface area (Å²) in [4.78, 5) is 11.4. The molecule has 0 aliphatic heterocycles. The summed E-state index contributed by atoms with van der Waals surface area (Å²) in [5.74, 6) is -0.925. The lowest BCUT2D eigenvalue weighted by atomic mass is 10.2. The van der Waals surface area contributed by atoms with Gasteiger partial charge in [0.25, 0.3) is 0 Å². The number of hydrogen-bond donors (Lipinski definition) is 1. The Bertz CT molecular complexity index is 580. The number of rotatable bonds is 3. The number of hydrogen-bond acceptors (Lipinski definition) is 4. The van der Waals surface area contributed by atoms with E-state index in [0.717, 1.165) is 0 Å². The Kier molecular flexibility index (Phi) is 3.27. The zero-order valence-corrected chi connectivity index (χ0v) is 9.76. The van der Waals surface area contributed by atoms with Gasteiger partial charge in [-0.25, -0.2) is 13.9 Å². The highest BCUT2D eigenvalue weighted by molar-refractivity contribution is 5.87. The molecule has 18 heavy (non-hydrogen) atoms. The van der Waals surface area contributed by atoms with Gasteiger partial charge >= 0.3 is 5.97 Å². The van der Waals surface area contributed by atoms with Crippen LogP contribution >= 0.6 is 0 Å². The van der Waals surface area contributed by atoms with E-state index >= 15 is 0 Å². The van der Waals surface area contributed by atoms with Crippen molar-refractivity contribution < 1.29 is 13.9 Å². The number of aromatic nitrogens is 2. The molecule has 5 nitrogen and oxygen atoms in total. The first-order valence-corrected chi connectivity index (χ1v) is 5.40. The largest absolute Gasteiger partial charge is 0.461 e. The molecule has 0 aliphatic carbocycles. The van der Waals surface area contributed by atoms with Gasteiger partial charge in [-0.3, -0.25) is 0 Å². The molecule has 0 unspecified atom stereocenters. The van der Waals surface area contributed by atoms with Crippen molar-refractivity contribution in [2.45, 2.75) is 6.92 Å². The Labute approximate surface area is 103 Å². The first-order chi connectivity index (χ1) is 8.61. The maximum absolute atomic E-state index is 12.9.